The summed E-state index contributed by atoms with van der Waals surface area (Å²) in [6.07, 6.45) is 4.84. The van der Waals surface area contributed by atoms with Gasteiger partial charge in [0.1, 0.15) is 11.6 Å². The Morgan fingerprint density at radius 2 is 2.08 bits per heavy atom. The zero-order chi connectivity index (χ0) is 17.4. The first-order valence-corrected chi connectivity index (χ1v) is 8.36. The normalized spacial score (nSPS) is 10.3. The van der Waals surface area contributed by atoms with Crippen molar-refractivity contribution in [1.82, 2.24) is 10.3 Å². The number of unbranched alkanes of at least 4 members (excludes halogenated alkanes) is 2. The number of hydrogen-bond donors (Lipinski definition) is 2. The zero-order valence-corrected chi connectivity index (χ0v) is 14.7. The number of amides is 1. The van der Waals surface area contributed by atoms with E-state index in [1.54, 1.807) is 37.6 Å². The summed E-state index contributed by atoms with van der Waals surface area (Å²) in [6, 6.07) is 8.77. The fraction of sp³-hybridized carbons (Fsp3) is 0.333. The maximum Gasteiger partial charge on any atom is 0.251 e. The van der Waals surface area contributed by atoms with Crippen molar-refractivity contribution in [3.05, 3.63) is 47.1 Å². The first-order valence-electron chi connectivity index (χ1n) is 7.99. The number of methoxy groups -OCH3 is 1. The second-order valence-electron chi connectivity index (χ2n) is 5.37. The fourth-order valence-electron chi connectivity index (χ4n) is 2.21. The second-order valence-corrected chi connectivity index (χ2v) is 5.77. The molecule has 1 aromatic carbocycles. The monoisotopic (exact) mass is 347 g/mol. The number of pyridine rings is 1. The van der Waals surface area contributed by atoms with E-state index in [0.717, 1.165) is 24.9 Å². The molecule has 128 valence electrons. The van der Waals surface area contributed by atoms with Gasteiger partial charge in [-0.1, -0.05) is 31.4 Å². The van der Waals surface area contributed by atoms with Crippen LogP contribution in [0.1, 0.15) is 36.5 Å². The number of nitrogens with one attached hydrogen (secondary N) is 2. The molecular formula is C18H22ClN3O2. The summed E-state index contributed by atoms with van der Waals surface area (Å²) in [6.45, 7) is 2.82. The van der Waals surface area contributed by atoms with Crippen LogP contribution in [0, 0.1) is 0 Å². The van der Waals surface area contributed by atoms with Gasteiger partial charge >= 0.3 is 0 Å². The molecule has 2 aromatic rings. The lowest BCUT2D eigenvalue weighted by Crippen LogP contribution is -2.24. The van der Waals surface area contributed by atoms with Crippen molar-refractivity contribution in [2.24, 2.45) is 0 Å². The third-order valence-corrected chi connectivity index (χ3v) is 3.81. The van der Waals surface area contributed by atoms with Crippen molar-refractivity contribution in [1.29, 1.82) is 0 Å². The van der Waals surface area contributed by atoms with Gasteiger partial charge in [-0.3, -0.25) is 4.79 Å². The van der Waals surface area contributed by atoms with Crippen molar-refractivity contribution in [3.63, 3.8) is 0 Å². The molecule has 0 radical (unpaired) electrons. The lowest BCUT2D eigenvalue weighted by Gasteiger charge is -2.10. The van der Waals surface area contributed by atoms with E-state index in [2.05, 4.69) is 22.5 Å². The average Bonchev–Trinajstić information content (AvgIpc) is 2.59. The Bertz CT molecular complexity index is 692. The van der Waals surface area contributed by atoms with Gasteiger partial charge in [-0.15, -0.1) is 0 Å². The maximum atomic E-state index is 12.1. The molecule has 0 atom stereocenters. The molecule has 5 nitrogen and oxygen atoms in total. The van der Waals surface area contributed by atoms with Gasteiger partial charge in [0.25, 0.3) is 5.91 Å². The number of benzene rings is 1. The quantitative estimate of drug-likeness (QED) is 0.694. The second kappa shape index (κ2) is 9.13. The standard InChI is InChI=1S/C18H22ClN3O2/c1-3-4-5-9-21-18(23)13-8-10-20-17(11-13)22-14-6-7-16(24-2)15(19)12-14/h6-8,10-12H,3-5,9H2,1-2H3,(H,20,22)(H,21,23). The zero-order valence-electron chi connectivity index (χ0n) is 13.9. The molecule has 0 spiro atoms. The van der Waals surface area contributed by atoms with E-state index in [0.29, 0.717) is 28.7 Å². The molecule has 0 saturated heterocycles. The van der Waals surface area contributed by atoms with E-state index < -0.39 is 0 Å². The Morgan fingerprint density at radius 1 is 1.25 bits per heavy atom. The van der Waals surface area contributed by atoms with Crippen LogP contribution in [0.4, 0.5) is 11.5 Å². The van der Waals surface area contributed by atoms with Crippen LogP contribution < -0.4 is 15.4 Å². The molecular weight excluding hydrogens is 326 g/mol. The Morgan fingerprint density at radius 3 is 2.79 bits per heavy atom. The number of aromatic nitrogens is 1. The maximum absolute atomic E-state index is 12.1. The van der Waals surface area contributed by atoms with E-state index in [1.807, 2.05) is 6.07 Å². The number of halogens is 1. The summed E-state index contributed by atoms with van der Waals surface area (Å²) in [4.78, 5) is 16.4. The molecule has 24 heavy (non-hydrogen) atoms. The molecule has 2 N–H and O–H groups in total. The van der Waals surface area contributed by atoms with E-state index in [-0.39, 0.29) is 5.91 Å². The van der Waals surface area contributed by atoms with Crippen molar-refractivity contribution in [2.45, 2.75) is 26.2 Å². The Labute approximate surface area is 147 Å². The lowest BCUT2D eigenvalue weighted by atomic mass is 10.2. The smallest absolute Gasteiger partial charge is 0.251 e. The first kappa shape index (κ1) is 18.1. The Balaban J connectivity index is 2.02. The van der Waals surface area contributed by atoms with Gasteiger partial charge in [0, 0.05) is 24.0 Å². The predicted octanol–water partition coefficient (Wildman–Crippen LogP) is 4.41. The molecule has 2 rings (SSSR count). The molecule has 0 saturated carbocycles. The van der Waals surface area contributed by atoms with Crippen LogP contribution in [-0.2, 0) is 0 Å². The molecule has 0 aliphatic rings. The van der Waals surface area contributed by atoms with Crippen molar-refractivity contribution >= 4 is 29.0 Å². The number of rotatable bonds is 8. The fourth-order valence-corrected chi connectivity index (χ4v) is 2.47. The molecule has 1 amide bonds. The molecule has 1 aromatic heterocycles. The summed E-state index contributed by atoms with van der Waals surface area (Å²) in [5, 5.41) is 6.56. The molecule has 1 heterocycles. The third kappa shape index (κ3) is 5.13. The Hall–Kier alpha value is -2.27. The predicted molar refractivity (Wildman–Crippen MR) is 97.4 cm³/mol. The first-order chi connectivity index (χ1) is 11.6. The minimum atomic E-state index is -0.0932. The molecule has 0 unspecified atom stereocenters. The van der Waals surface area contributed by atoms with Crippen LogP contribution in [-0.4, -0.2) is 24.5 Å². The third-order valence-electron chi connectivity index (χ3n) is 3.51. The summed E-state index contributed by atoms with van der Waals surface area (Å²) in [5.41, 5.74) is 1.34. The minimum absolute atomic E-state index is 0.0932. The number of hydrogen-bond acceptors (Lipinski definition) is 4. The highest BCUT2D eigenvalue weighted by Crippen LogP contribution is 2.28. The molecule has 6 heteroatoms. The van der Waals surface area contributed by atoms with Gasteiger partial charge in [-0.25, -0.2) is 4.98 Å². The van der Waals surface area contributed by atoms with Gasteiger partial charge in [-0.2, -0.15) is 0 Å². The lowest BCUT2D eigenvalue weighted by molar-refractivity contribution is 0.0953. The number of nitrogens with zero attached hydrogens (tertiary/aromatic N) is 1. The van der Waals surface area contributed by atoms with Crippen molar-refractivity contribution in [2.75, 3.05) is 19.0 Å². The highest BCUT2D eigenvalue weighted by Gasteiger charge is 2.07. The van der Waals surface area contributed by atoms with E-state index in [1.165, 1.54) is 0 Å². The van der Waals surface area contributed by atoms with Crippen molar-refractivity contribution in [3.8, 4) is 5.75 Å². The molecule has 0 bridgehead atoms. The van der Waals surface area contributed by atoms with Crippen LogP contribution in [0.15, 0.2) is 36.5 Å². The van der Waals surface area contributed by atoms with E-state index >= 15 is 0 Å². The minimum Gasteiger partial charge on any atom is -0.495 e. The van der Waals surface area contributed by atoms with Gasteiger partial charge < -0.3 is 15.4 Å². The number of carbonyl (C=O) groups excluding carboxylic acids is 1. The van der Waals surface area contributed by atoms with Gasteiger partial charge in [0.15, 0.2) is 0 Å². The van der Waals surface area contributed by atoms with Crippen LogP contribution in [0.25, 0.3) is 0 Å². The van der Waals surface area contributed by atoms with Gasteiger partial charge in [0.2, 0.25) is 0 Å². The average molecular weight is 348 g/mol. The van der Waals surface area contributed by atoms with Gasteiger partial charge in [-0.05, 0) is 36.8 Å². The van der Waals surface area contributed by atoms with Crippen LogP contribution >= 0.6 is 11.6 Å². The summed E-state index contributed by atoms with van der Waals surface area (Å²) in [5.74, 6) is 1.09. The highest BCUT2D eigenvalue weighted by molar-refractivity contribution is 6.32. The highest BCUT2D eigenvalue weighted by atomic mass is 35.5. The number of carbonyl (C=O) groups is 1. The van der Waals surface area contributed by atoms with Crippen LogP contribution in [0.2, 0.25) is 5.02 Å². The van der Waals surface area contributed by atoms with Gasteiger partial charge in [0.05, 0.1) is 12.1 Å². The largest absolute Gasteiger partial charge is 0.495 e. The summed E-state index contributed by atoms with van der Waals surface area (Å²) >= 11 is 6.11. The Kier molecular flexibility index (Phi) is 6.88. The SMILES string of the molecule is CCCCCNC(=O)c1ccnc(Nc2ccc(OC)c(Cl)c2)c1. The number of ether oxygens (including phenoxy) is 1. The van der Waals surface area contributed by atoms with Crippen molar-refractivity contribution < 1.29 is 9.53 Å². The van der Waals surface area contributed by atoms with Crippen LogP contribution in [0.3, 0.4) is 0 Å². The summed E-state index contributed by atoms with van der Waals surface area (Å²) < 4.78 is 5.13. The van der Waals surface area contributed by atoms with Crippen LogP contribution in [0.5, 0.6) is 5.75 Å². The molecule has 0 aliphatic heterocycles. The summed E-state index contributed by atoms with van der Waals surface area (Å²) in [7, 11) is 1.57. The number of anilines is 2. The molecule has 0 aliphatic carbocycles. The van der Waals surface area contributed by atoms with E-state index in [9.17, 15) is 4.79 Å². The molecule has 0 fully saturated rings. The topological polar surface area (TPSA) is 63.2 Å². The van der Waals surface area contributed by atoms with E-state index in [4.69, 9.17) is 16.3 Å².